The SMILES string of the molecule is COc1cc2c(cc1Br)C1CC[C@]3(C)C(=O)C(Br)[C@@H](CCC(=O)Nc4ncc(C)s4)C3C1CC2. The molecule has 8 heteroatoms. The summed E-state index contributed by atoms with van der Waals surface area (Å²) in [4.78, 5) is 31.3. The van der Waals surface area contributed by atoms with E-state index < -0.39 is 0 Å². The number of aromatic nitrogens is 1. The molecule has 2 aromatic rings. The topological polar surface area (TPSA) is 68.3 Å². The highest BCUT2D eigenvalue weighted by Gasteiger charge is 2.61. The number of methoxy groups -OCH3 is 1. The molecule has 5 nitrogen and oxygen atoms in total. The maximum absolute atomic E-state index is 13.5. The summed E-state index contributed by atoms with van der Waals surface area (Å²) in [6.07, 6.45) is 6.91. The predicted molar refractivity (Wildman–Crippen MR) is 142 cm³/mol. The van der Waals surface area contributed by atoms with Gasteiger partial charge >= 0.3 is 0 Å². The van der Waals surface area contributed by atoms with E-state index in [4.69, 9.17) is 4.74 Å². The molecule has 1 N–H and O–H groups in total. The number of hydrogen-bond donors (Lipinski definition) is 1. The number of nitrogens with zero attached hydrogens (tertiary/aromatic N) is 1. The van der Waals surface area contributed by atoms with Crippen LogP contribution in [0, 0.1) is 30.1 Å². The van der Waals surface area contributed by atoms with Crippen molar-refractivity contribution in [2.75, 3.05) is 12.4 Å². The maximum atomic E-state index is 13.5. The molecule has 0 saturated heterocycles. The molecule has 3 aliphatic rings. The van der Waals surface area contributed by atoms with Gasteiger partial charge in [0, 0.05) is 22.9 Å². The average molecular weight is 610 g/mol. The van der Waals surface area contributed by atoms with Crippen LogP contribution in [0.25, 0.3) is 0 Å². The Morgan fingerprint density at radius 2 is 2.15 bits per heavy atom. The number of benzene rings is 1. The van der Waals surface area contributed by atoms with Gasteiger partial charge < -0.3 is 10.1 Å². The number of ketones is 1. The largest absolute Gasteiger partial charge is 0.496 e. The summed E-state index contributed by atoms with van der Waals surface area (Å²) in [6.45, 7) is 4.16. The van der Waals surface area contributed by atoms with Crippen LogP contribution in [-0.4, -0.2) is 28.6 Å². The van der Waals surface area contributed by atoms with Gasteiger partial charge in [-0.1, -0.05) is 22.9 Å². The second-order valence-corrected chi connectivity index (χ2v) is 13.3. The van der Waals surface area contributed by atoms with Gasteiger partial charge in [0.15, 0.2) is 10.9 Å². The number of Topliss-reactive ketones (excluding diaryl/α,β-unsaturated/α-hetero) is 1. The Morgan fingerprint density at radius 1 is 1.35 bits per heavy atom. The van der Waals surface area contributed by atoms with Crippen LogP contribution in [0.5, 0.6) is 5.75 Å². The minimum atomic E-state index is -0.315. The zero-order valence-electron chi connectivity index (χ0n) is 19.7. The van der Waals surface area contributed by atoms with Gasteiger partial charge in [-0.05, 0) is 102 Å². The van der Waals surface area contributed by atoms with Crippen molar-refractivity contribution in [3.63, 3.8) is 0 Å². The lowest BCUT2D eigenvalue weighted by molar-refractivity contribution is -0.129. The molecule has 1 aromatic heterocycles. The molecular weight excluding hydrogens is 580 g/mol. The Bertz CT molecular complexity index is 1140. The second kappa shape index (κ2) is 9.32. The van der Waals surface area contributed by atoms with Gasteiger partial charge in [-0.2, -0.15) is 0 Å². The van der Waals surface area contributed by atoms with Gasteiger partial charge in [0.1, 0.15) is 5.75 Å². The minimum Gasteiger partial charge on any atom is -0.496 e. The Morgan fingerprint density at radius 3 is 2.85 bits per heavy atom. The fourth-order valence-electron chi connectivity index (χ4n) is 6.96. The van der Waals surface area contributed by atoms with Crippen molar-refractivity contribution in [1.82, 2.24) is 4.98 Å². The quantitative estimate of drug-likeness (QED) is 0.385. The molecule has 0 radical (unpaired) electrons. The van der Waals surface area contributed by atoms with Crippen molar-refractivity contribution >= 4 is 60.0 Å². The lowest BCUT2D eigenvalue weighted by atomic mass is 9.54. The van der Waals surface area contributed by atoms with Gasteiger partial charge in [0.2, 0.25) is 5.91 Å². The Balaban J connectivity index is 1.38. The molecule has 0 spiro atoms. The molecule has 1 aromatic carbocycles. The summed E-state index contributed by atoms with van der Waals surface area (Å²) in [5.74, 6) is 2.54. The summed E-state index contributed by atoms with van der Waals surface area (Å²) >= 11 is 8.95. The molecule has 3 aliphatic carbocycles. The highest BCUT2D eigenvalue weighted by Crippen LogP contribution is 2.63. The van der Waals surface area contributed by atoms with E-state index in [0.717, 1.165) is 40.8 Å². The zero-order chi connectivity index (χ0) is 24.2. The summed E-state index contributed by atoms with van der Waals surface area (Å²) in [5, 5.41) is 3.58. The van der Waals surface area contributed by atoms with Crippen molar-refractivity contribution in [2.24, 2.45) is 23.2 Å². The molecule has 34 heavy (non-hydrogen) atoms. The van der Waals surface area contributed by atoms with E-state index >= 15 is 0 Å². The second-order valence-electron chi connectivity index (χ2n) is 10.3. The number of carbonyl (C=O) groups excluding carboxylic acids is 2. The van der Waals surface area contributed by atoms with Crippen LogP contribution in [0.4, 0.5) is 5.13 Å². The van der Waals surface area contributed by atoms with Gasteiger partial charge in [-0.25, -0.2) is 4.98 Å². The van der Waals surface area contributed by atoms with E-state index in [1.807, 2.05) is 6.92 Å². The molecule has 1 amide bonds. The number of ether oxygens (including phenoxy) is 1. The van der Waals surface area contributed by atoms with Crippen LogP contribution in [0.3, 0.4) is 0 Å². The predicted octanol–water partition coefficient (Wildman–Crippen LogP) is 6.67. The number of carbonyl (C=O) groups is 2. The van der Waals surface area contributed by atoms with E-state index in [1.165, 1.54) is 22.5 Å². The fraction of sp³-hybridized carbons (Fsp3) is 0.577. The summed E-state index contributed by atoms with van der Waals surface area (Å²) in [6, 6.07) is 4.42. The number of hydrogen-bond acceptors (Lipinski definition) is 5. The van der Waals surface area contributed by atoms with Gasteiger partial charge in [-0.3, -0.25) is 9.59 Å². The van der Waals surface area contributed by atoms with E-state index in [-0.39, 0.29) is 28.0 Å². The first-order valence-corrected chi connectivity index (χ1v) is 14.5. The number of amides is 1. The average Bonchev–Trinajstić information content (AvgIpc) is 3.30. The van der Waals surface area contributed by atoms with Crippen LogP contribution in [0.15, 0.2) is 22.8 Å². The summed E-state index contributed by atoms with van der Waals surface area (Å²) in [7, 11) is 1.71. The number of nitrogens with one attached hydrogen (secondary N) is 1. The van der Waals surface area contributed by atoms with E-state index in [2.05, 4.69) is 61.2 Å². The summed E-state index contributed by atoms with van der Waals surface area (Å²) < 4.78 is 6.53. The number of fused-ring (bicyclic) bond motifs is 5. The maximum Gasteiger partial charge on any atom is 0.226 e. The fourth-order valence-corrected chi connectivity index (χ4v) is 9.28. The molecule has 6 atom stereocenters. The van der Waals surface area contributed by atoms with Gasteiger partial charge in [0.25, 0.3) is 0 Å². The lowest BCUT2D eigenvalue weighted by Gasteiger charge is -2.50. The van der Waals surface area contributed by atoms with E-state index in [9.17, 15) is 9.59 Å². The van der Waals surface area contributed by atoms with Crippen LogP contribution in [-0.2, 0) is 16.0 Å². The normalized spacial score (nSPS) is 32.0. The number of rotatable bonds is 5. The third kappa shape index (κ3) is 4.07. The number of thiazole rings is 1. The molecule has 182 valence electrons. The Kier molecular flexibility index (Phi) is 6.70. The third-order valence-electron chi connectivity index (χ3n) is 8.47. The van der Waals surface area contributed by atoms with Gasteiger partial charge in [-0.15, -0.1) is 11.3 Å². The molecular formula is C26H30Br2N2O3S. The molecule has 4 unspecified atom stereocenters. The highest BCUT2D eigenvalue weighted by atomic mass is 79.9. The van der Waals surface area contributed by atoms with Gasteiger partial charge in [0.05, 0.1) is 16.4 Å². The molecule has 0 aliphatic heterocycles. The minimum absolute atomic E-state index is 0.0209. The first-order valence-electron chi connectivity index (χ1n) is 12.0. The van der Waals surface area contributed by atoms with E-state index in [0.29, 0.717) is 35.6 Å². The molecule has 2 fully saturated rings. The lowest BCUT2D eigenvalue weighted by Crippen LogP contribution is -2.44. The molecule has 2 saturated carbocycles. The third-order valence-corrected chi connectivity index (χ3v) is 11.0. The van der Waals surface area contributed by atoms with Crippen molar-refractivity contribution in [3.05, 3.63) is 38.8 Å². The number of halogens is 2. The molecule has 5 rings (SSSR count). The number of aryl methyl sites for hydroxylation is 2. The van der Waals surface area contributed by atoms with Crippen LogP contribution in [0.2, 0.25) is 0 Å². The Hall–Kier alpha value is -1.25. The van der Waals surface area contributed by atoms with Crippen molar-refractivity contribution in [3.8, 4) is 5.75 Å². The standard InChI is InChI=1S/C26H30Br2N2O3S/c1-13-12-29-25(34-13)30-21(31)7-6-17-22-16-5-4-14-10-20(33-3)19(27)11-18(14)15(16)8-9-26(22,2)24(32)23(17)28/h10-12,15-17,22-23H,4-9H2,1-3H3,(H,29,30,31)/t15?,16?,17-,22?,23?,26-/m0/s1. The first kappa shape index (κ1) is 24.4. The van der Waals surface area contributed by atoms with Crippen molar-refractivity contribution in [1.29, 1.82) is 0 Å². The number of alkyl halides is 1. The Labute approximate surface area is 221 Å². The van der Waals surface area contributed by atoms with E-state index in [1.54, 1.807) is 13.3 Å². The molecule has 0 bridgehead atoms. The zero-order valence-corrected chi connectivity index (χ0v) is 23.7. The van der Waals surface area contributed by atoms with Crippen LogP contribution >= 0.6 is 43.2 Å². The highest BCUT2D eigenvalue weighted by molar-refractivity contribution is 9.10. The number of anilines is 1. The van der Waals surface area contributed by atoms with Crippen LogP contribution in [0.1, 0.15) is 60.9 Å². The van der Waals surface area contributed by atoms with Crippen molar-refractivity contribution in [2.45, 2.75) is 63.1 Å². The monoisotopic (exact) mass is 608 g/mol. The smallest absolute Gasteiger partial charge is 0.226 e. The summed E-state index contributed by atoms with van der Waals surface area (Å²) in [5.41, 5.74) is 2.47. The van der Waals surface area contributed by atoms with Crippen LogP contribution < -0.4 is 10.1 Å². The first-order chi connectivity index (χ1) is 16.2. The van der Waals surface area contributed by atoms with Crippen molar-refractivity contribution < 1.29 is 14.3 Å². The molecule has 1 heterocycles.